The van der Waals surface area contributed by atoms with Gasteiger partial charge >= 0.3 is 39.5 Å². The predicted molar refractivity (Wildman–Crippen MR) is 326 cm³/mol. The SMILES string of the molecule is CCC(C)CCCCCCCCCCC(=O)O[C@H](COC(=O)CCCCCCCCC(C)CC)COP(=O)(O)OC[C@H](O)COP(=O)(O)OC[C@@H](COC(=O)CCCCCCCCC(C)CC)OC(=O)CCCCCCCCCC(C)C. The van der Waals surface area contributed by atoms with Crippen LogP contribution in [0.4, 0.5) is 0 Å². The number of ether oxygens (including phenoxy) is 4. The monoisotopic (exact) mass is 1210 g/mol. The molecule has 0 aliphatic carbocycles. The first-order valence-electron chi connectivity index (χ1n) is 32.8. The van der Waals surface area contributed by atoms with Crippen molar-refractivity contribution in [2.75, 3.05) is 39.6 Å². The number of aliphatic hydroxyl groups is 1. The fourth-order valence-corrected chi connectivity index (χ4v) is 10.7. The highest BCUT2D eigenvalue weighted by atomic mass is 31.2. The van der Waals surface area contributed by atoms with Crippen LogP contribution >= 0.6 is 15.6 Å². The molecule has 3 N–H and O–H groups in total. The lowest BCUT2D eigenvalue weighted by Crippen LogP contribution is -2.30. The zero-order valence-corrected chi connectivity index (χ0v) is 54.9. The first-order valence-corrected chi connectivity index (χ1v) is 35.8. The lowest BCUT2D eigenvalue weighted by atomic mass is 9.99. The van der Waals surface area contributed by atoms with E-state index >= 15 is 0 Å². The molecular weight excluding hydrogens is 1090 g/mol. The van der Waals surface area contributed by atoms with Crippen LogP contribution in [0, 0.1) is 23.7 Å². The first-order chi connectivity index (χ1) is 39.2. The smallest absolute Gasteiger partial charge is 0.462 e. The van der Waals surface area contributed by atoms with Crippen molar-refractivity contribution in [3.8, 4) is 0 Å². The summed E-state index contributed by atoms with van der Waals surface area (Å²) in [4.78, 5) is 72.1. The largest absolute Gasteiger partial charge is 0.472 e. The molecule has 0 aliphatic heterocycles. The second kappa shape index (κ2) is 53.3. The summed E-state index contributed by atoms with van der Waals surface area (Å²) in [6.45, 7) is 13.9. The van der Waals surface area contributed by atoms with Gasteiger partial charge in [0.05, 0.1) is 26.4 Å². The maximum absolute atomic E-state index is 13.0. The van der Waals surface area contributed by atoms with Gasteiger partial charge in [0.1, 0.15) is 19.3 Å². The lowest BCUT2D eigenvalue weighted by Gasteiger charge is -2.21. The van der Waals surface area contributed by atoms with Crippen molar-refractivity contribution in [2.45, 2.75) is 318 Å². The molecule has 17 nitrogen and oxygen atoms in total. The van der Waals surface area contributed by atoms with E-state index in [1.54, 1.807) is 0 Å². The third kappa shape index (κ3) is 53.5. The molecule has 5 unspecified atom stereocenters. The minimum absolute atomic E-state index is 0.102. The average Bonchev–Trinajstić information content (AvgIpc) is 3.46. The Morgan fingerprint density at radius 2 is 0.585 bits per heavy atom. The van der Waals surface area contributed by atoms with Crippen molar-refractivity contribution in [1.29, 1.82) is 0 Å². The average molecular weight is 1210 g/mol. The summed E-state index contributed by atoms with van der Waals surface area (Å²) in [6.07, 6.45) is 32.2. The summed E-state index contributed by atoms with van der Waals surface area (Å²) in [5.74, 6) is 0.782. The van der Waals surface area contributed by atoms with Gasteiger partial charge in [0.15, 0.2) is 12.2 Å². The van der Waals surface area contributed by atoms with Crippen LogP contribution < -0.4 is 0 Å². The van der Waals surface area contributed by atoms with E-state index in [-0.39, 0.29) is 25.7 Å². The highest BCUT2D eigenvalue weighted by Crippen LogP contribution is 2.45. The van der Waals surface area contributed by atoms with Crippen molar-refractivity contribution < 1.29 is 80.2 Å². The summed E-state index contributed by atoms with van der Waals surface area (Å²) in [6, 6.07) is 0. The number of hydrogen-bond acceptors (Lipinski definition) is 15. The van der Waals surface area contributed by atoms with Gasteiger partial charge in [-0.25, -0.2) is 9.13 Å². The van der Waals surface area contributed by atoms with Gasteiger partial charge in [0.2, 0.25) is 0 Å². The van der Waals surface area contributed by atoms with Gasteiger partial charge < -0.3 is 33.8 Å². The van der Waals surface area contributed by atoms with Gasteiger partial charge in [0.25, 0.3) is 0 Å². The van der Waals surface area contributed by atoms with E-state index in [1.165, 1.54) is 89.9 Å². The molecule has 19 heteroatoms. The number of carbonyl (C=O) groups is 4. The third-order valence-corrected chi connectivity index (χ3v) is 17.3. The molecule has 0 aromatic rings. The lowest BCUT2D eigenvalue weighted by molar-refractivity contribution is -0.161. The zero-order valence-electron chi connectivity index (χ0n) is 53.1. The molecule has 8 atom stereocenters. The summed E-state index contributed by atoms with van der Waals surface area (Å²) >= 11 is 0. The van der Waals surface area contributed by atoms with E-state index < -0.39 is 97.5 Å². The summed E-state index contributed by atoms with van der Waals surface area (Å²) < 4.78 is 67.9. The second-order valence-corrected chi connectivity index (χ2v) is 26.9. The fourth-order valence-electron chi connectivity index (χ4n) is 9.16. The summed E-state index contributed by atoms with van der Waals surface area (Å²) in [5, 5.41) is 10.5. The van der Waals surface area contributed by atoms with Crippen LogP contribution in [0.25, 0.3) is 0 Å². The maximum Gasteiger partial charge on any atom is 0.472 e. The van der Waals surface area contributed by atoms with Crippen molar-refractivity contribution in [3.63, 3.8) is 0 Å². The Hall–Kier alpha value is -1.94. The van der Waals surface area contributed by atoms with Gasteiger partial charge in [-0.2, -0.15) is 0 Å². The quantitative estimate of drug-likeness (QED) is 0.0222. The Bertz CT molecular complexity index is 1650. The van der Waals surface area contributed by atoms with Crippen LogP contribution in [-0.4, -0.2) is 96.7 Å². The van der Waals surface area contributed by atoms with Gasteiger partial charge in [0, 0.05) is 25.7 Å². The summed E-state index contributed by atoms with van der Waals surface area (Å²) in [7, 11) is -9.89. The van der Waals surface area contributed by atoms with E-state index in [9.17, 15) is 43.2 Å². The summed E-state index contributed by atoms with van der Waals surface area (Å²) in [5.41, 5.74) is 0. The molecule has 0 rings (SSSR count). The molecule has 0 aromatic carbocycles. The van der Waals surface area contributed by atoms with E-state index in [2.05, 4.69) is 55.4 Å². The normalized spacial score (nSPS) is 15.5. The van der Waals surface area contributed by atoms with Crippen LogP contribution in [0.3, 0.4) is 0 Å². The highest BCUT2D eigenvalue weighted by Gasteiger charge is 2.30. The molecule has 0 amide bonds. The van der Waals surface area contributed by atoms with E-state index in [0.717, 1.165) is 120 Å². The molecule has 0 aliphatic rings. The molecular formula is C63H122O17P2. The Balaban J connectivity index is 5.27. The predicted octanol–water partition coefficient (Wildman–Crippen LogP) is 17.0. The molecule has 0 radical (unpaired) electrons. The van der Waals surface area contributed by atoms with E-state index in [0.29, 0.717) is 31.6 Å². The number of aliphatic hydroxyl groups excluding tert-OH is 1. The Morgan fingerprint density at radius 1 is 0.341 bits per heavy atom. The number of carbonyl (C=O) groups excluding carboxylic acids is 4. The zero-order chi connectivity index (χ0) is 61.1. The number of esters is 4. The molecule has 0 aromatic heterocycles. The topological polar surface area (TPSA) is 237 Å². The Labute approximate surface area is 498 Å². The minimum atomic E-state index is -4.94. The third-order valence-electron chi connectivity index (χ3n) is 15.4. The molecule has 0 saturated heterocycles. The molecule has 0 bridgehead atoms. The van der Waals surface area contributed by atoms with Crippen molar-refractivity contribution in [1.82, 2.24) is 0 Å². The number of hydrogen-bond donors (Lipinski definition) is 3. The van der Waals surface area contributed by atoms with Crippen LogP contribution in [0.2, 0.25) is 0 Å². The van der Waals surface area contributed by atoms with Crippen molar-refractivity contribution >= 4 is 39.5 Å². The van der Waals surface area contributed by atoms with E-state index in [4.69, 9.17) is 37.0 Å². The van der Waals surface area contributed by atoms with Gasteiger partial charge in [-0.05, 0) is 49.4 Å². The van der Waals surface area contributed by atoms with Crippen LogP contribution in [0.15, 0.2) is 0 Å². The van der Waals surface area contributed by atoms with Crippen LogP contribution in [0.1, 0.15) is 299 Å². The van der Waals surface area contributed by atoms with E-state index in [1.807, 2.05) is 0 Å². The fraction of sp³-hybridized carbons (Fsp3) is 0.937. The van der Waals surface area contributed by atoms with Gasteiger partial charge in [-0.3, -0.25) is 37.3 Å². The number of rotatable bonds is 60. The van der Waals surface area contributed by atoms with Crippen LogP contribution in [-0.2, 0) is 65.4 Å². The first kappa shape index (κ1) is 80.1. The number of unbranched alkanes of at least 4 members (excludes halogenated alkanes) is 23. The Morgan fingerprint density at radius 3 is 0.866 bits per heavy atom. The Kier molecular flexibility index (Phi) is 52.0. The molecule has 82 heavy (non-hydrogen) atoms. The van der Waals surface area contributed by atoms with Crippen molar-refractivity contribution in [2.24, 2.45) is 23.7 Å². The maximum atomic E-state index is 13.0. The number of phosphoric acid groups is 2. The molecule has 0 fully saturated rings. The highest BCUT2D eigenvalue weighted by molar-refractivity contribution is 7.47. The van der Waals surface area contributed by atoms with Gasteiger partial charge in [-0.15, -0.1) is 0 Å². The molecule has 0 heterocycles. The minimum Gasteiger partial charge on any atom is -0.462 e. The van der Waals surface area contributed by atoms with Gasteiger partial charge in [-0.1, -0.05) is 248 Å². The van der Waals surface area contributed by atoms with Crippen LogP contribution in [0.5, 0.6) is 0 Å². The molecule has 0 saturated carbocycles. The number of phosphoric ester groups is 2. The molecule has 486 valence electrons. The van der Waals surface area contributed by atoms with Crippen molar-refractivity contribution in [3.05, 3.63) is 0 Å². The standard InChI is InChI=1S/C63H122O17P2/c1-9-54(6)40-32-24-16-12-13-17-29-37-45-62(67)79-58(49-73-60(65)43-35-27-21-19-25-33-41-55(7)10-2)51-77-81(69,70)75-47-57(64)48-76-82(71,72)78-52-59(80-63(68)46-38-30-18-14-15-23-31-39-53(4)5)50-74-61(66)44-36-28-22-20-26-34-42-56(8)11-3/h53-59,64H,9-52H2,1-8H3,(H,69,70)(H,71,72)/t54?,55?,56?,57-,58+,59+/m0/s1. The second-order valence-electron chi connectivity index (χ2n) is 24.0. The molecule has 0 spiro atoms.